The van der Waals surface area contributed by atoms with Crippen LogP contribution in [-0.2, 0) is 29.0 Å². The van der Waals surface area contributed by atoms with E-state index < -0.39 is 22.7 Å². The van der Waals surface area contributed by atoms with Crippen molar-refractivity contribution in [2.45, 2.75) is 38.8 Å². The summed E-state index contributed by atoms with van der Waals surface area (Å²) in [5.41, 5.74) is 1.62. The van der Waals surface area contributed by atoms with Gasteiger partial charge in [-0.05, 0) is 29.7 Å². The lowest BCUT2D eigenvalue weighted by Gasteiger charge is -2.31. The maximum absolute atomic E-state index is 13.6. The maximum Gasteiger partial charge on any atom is 0.273 e. The number of hydrogen-bond acceptors (Lipinski definition) is 4. The van der Waals surface area contributed by atoms with Gasteiger partial charge in [0.05, 0.1) is 11.3 Å². The Morgan fingerprint density at radius 1 is 0.971 bits per heavy atom. The molecule has 182 valence electrons. The van der Waals surface area contributed by atoms with Gasteiger partial charge in [-0.2, -0.15) is 0 Å². The Morgan fingerprint density at radius 3 is 2.29 bits per heavy atom. The molecule has 0 aromatic heterocycles. The lowest BCUT2D eigenvalue weighted by molar-refractivity contribution is -0.385. The third-order valence-corrected chi connectivity index (χ3v) is 5.62. The zero-order chi connectivity index (χ0) is 25.2. The van der Waals surface area contributed by atoms with Crippen molar-refractivity contribution in [3.8, 4) is 0 Å². The van der Waals surface area contributed by atoms with E-state index in [0.717, 1.165) is 12.0 Å². The van der Waals surface area contributed by atoms with Crippen LogP contribution >= 0.6 is 0 Å². The molecule has 3 rings (SSSR count). The molecule has 0 saturated carbocycles. The summed E-state index contributed by atoms with van der Waals surface area (Å²) >= 11 is 0. The number of hydrogen-bond donors (Lipinski definition) is 1. The topological polar surface area (TPSA) is 92.6 Å². The first-order chi connectivity index (χ1) is 16.9. The Balaban J connectivity index is 1.99. The van der Waals surface area contributed by atoms with Crippen molar-refractivity contribution in [2.75, 3.05) is 6.54 Å². The minimum Gasteiger partial charge on any atom is -0.354 e. The highest BCUT2D eigenvalue weighted by atomic mass is 19.1. The summed E-state index contributed by atoms with van der Waals surface area (Å²) in [6, 6.07) is 20.2. The molecule has 0 saturated heterocycles. The van der Waals surface area contributed by atoms with Crippen LogP contribution in [0, 0.1) is 15.9 Å². The molecule has 0 fully saturated rings. The number of nitro groups is 1. The zero-order valence-electron chi connectivity index (χ0n) is 19.5. The second-order valence-electron chi connectivity index (χ2n) is 8.21. The Hall–Kier alpha value is -4.07. The predicted octanol–water partition coefficient (Wildman–Crippen LogP) is 4.44. The maximum atomic E-state index is 13.6. The highest BCUT2D eigenvalue weighted by molar-refractivity contribution is 5.89. The Labute approximate surface area is 203 Å². The molecule has 1 N–H and O–H groups in total. The van der Waals surface area contributed by atoms with Crippen LogP contribution in [0.2, 0.25) is 0 Å². The van der Waals surface area contributed by atoms with Crippen molar-refractivity contribution in [3.63, 3.8) is 0 Å². The fraction of sp³-hybridized carbons (Fsp3) is 0.259. The predicted molar refractivity (Wildman–Crippen MR) is 131 cm³/mol. The van der Waals surface area contributed by atoms with Gasteiger partial charge >= 0.3 is 0 Å². The van der Waals surface area contributed by atoms with E-state index in [-0.39, 0.29) is 36.5 Å². The Kier molecular flexibility index (Phi) is 9.06. The Bertz CT molecular complexity index is 1150. The third-order valence-electron chi connectivity index (χ3n) is 5.62. The normalized spacial score (nSPS) is 11.5. The number of nitrogens with zero attached hydrogens (tertiary/aromatic N) is 2. The molecule has 0 aliphatic heterocycles. The molecule has 8 heteroatoms. The highest BCUT2D eigenvalue weighted by Gasteiger charge is 2.31. The molecule has 3 aromatic rings. The number of carbonyl (C=O) groups is 2. The van der Waals surface area contributed by atoms with Gasteiger partial charge in [0.1, 0.15) is 11.9 Å². The summed E-state index contributed by atoms with van der Waals surface area (Å²) < 4.78 is 13.5. The first-order valence-electron chi connectivity index (χ1n) is 11.5. The third kappa shape index (κ3) is 7.20. The van der Waals surface area contributed by atoms with E-state index in [9.17, 15) is 24.1 Å². The van der Waals surface area contributed by atoms with E-state index >= 15 is 0 Å². The van der Waals surface area contributed by atoms with E-state index in [1.807, 2.05) is 37.3 Å². The fourth-order valence-electron chi connectivity index (χ4n) is 3.81. The molecule has 0 spiro atoms. The summed E-state index contributed by atoms with van der Waals surface area (Å²) in [5.74, 6) is -1.15. The van der Waals surface area contributed by atoms with Gasteiger partial charge in [-0.1, -0.05) is 67.6 Å². The van der Waals surface area contributed by atoms with Gasteiger partial charge in [-0.25, -0.2) is 4.39 Å². The molecule has 0 radical (unpaired) electrons. The molecule has 0 aliphatic rings. The van der Waals surface area contributed by atoms with E-state index in [0.29, 0.717) is 12.1 Å². The molecule has 1 atom stereocenters. The van der Waals surface area contributed by atoms with Crippen molar-refractivity contribution >= 4 is 17.5 Å². The lowest BCUT2D eigenvalue weighted by Crippen LogP contribution is -2.51. The van der Waals surface area contributed by atoms with Crippen molar-refractivity contribution in [1.29, 1.82) is 0 Å². The van der Waals surface area contributed by atoms with Crippen LogP contribution in [0.3, 0.4) is 0 Å². The molecule has 1 unspecified atom stereocenters. The van der Waals surface area contributed by atoms with Crippen LogP contribution < -0.4 is 5.32 Å². The average Bonchev–Trinajstić information content (AvgIpc) is 2.86. The second kappa shape index (κ2) is 12.4. The summed E-state index contributed by atoms with van der Waals surface area (Å²) in [7, 11) is 0. The smallest absolute Gasteiger partial charge is 0.273 e. The van der Waals surface area contributed by atoms with Crippen LogP contribution in [0.15, 0.2) is 78.9 Å². The van der Waals surface area contributed by atoms with Crippen molar-refractivity contribution in [1.82, 2.24) is 10.2 Å². The first-order valence-corrected chi connectivity index (χ1v) is 11.5. The quantitative estimate of drug-likeness (QED) is 0.326. The number of nitrogens with one attached hydrogen (secondary N) is 1. The summed E-state index contributed by atoms with van der Waals surface area (Å²) in [4.78, 5) is 39.3. The van der Waals surface area contributed by atoms with Crippen LogP contribution in [0.4, 0.5) is 10.1 Å². The number of amides is 2. The van der Waals surface area contributed by atoms with Crippen molar-refractivity contribution in [3.05, 3.63) is 111 Å². The van der Waals surface area contributed by atoms with Crippen LogP contribution in [0.1, 0.15) is 30.0 Å². The Morgan fingerprint density at radius 2 is 1.63 bits per heavy atom. The van der Waals surface area contributed by atoms with Gasteiger partial charge in [0.25, 0.3) is 5.69 Å². The van der Waals surface area contributed by atoms with Crippen LogP contribution in [0.25, 0.3) is 0 Å². The first kappa shape index (κ1) is 25.6. The van der Waals surface area contributed by atoms with Gasteiger partial charge in [-0.3, -0.25) is 19.7 Å². The number of carbonyl (C=O) groups excluding carboxylic acids is 2. The van der Waals surface area contributed by atoms with Crippen LogP contribution in [-0.4, -0.2) is 34.2 Å². The second-order valence-corrected chi connectivity index (χ2v) is 8.21. The fourth-order valence-corrected chi connectivity index (χ4v) is 3.81. The monoisotopic (exact) mass is 477 g/mol. The standard InChI is InChI=1S/C27H28FN3O4/c1-2-16-29-27(33)25(17-20-8-4-3-5-9-20)30(19-21-12-14-23(28)15-13-21)26(32)18-22-10-6-7-11-24(22)31(34)35/h3-15,25H,2,16-19H2,1H3,(H,29,33). The molecule has 0 heterocycles. The summed E-state index contributed by atoms with van der Waals surface area (Å²) in [6.45, 7) is 2.44. The number of para-hydroxylation sites is 1. The zero-order valence-corrected chi connectivity index (χ0v) is 19.5. The van der Waals surface area contributed by atoms with E-state index in [1.165, 1.54) is 29.2 Å². The average molecular weight is 478 g/mol. The molecule has 3 aromatic carbocycles. The largest absolute Gasteiger partial charge is 0.354 e. The number of halogens is 1. The van der Waals surface area contributed by atoms with Gasteiger partial charge in [-0.15, -0.1) is 0 Å². The van der Waals surface area contributed by atoms with Crippen molar-refractivity contribution < 1.29 is 18.9 Å². The van der Waals surface area contributed by atoms with E-state index in [2.05, 4.69) is 5.32 Å². The SMILES string of the molecule is CCCNC(=O)C(Cc1ccccc1)N(Cc1ccc(F)cc1)C(=O)Cc1ccccc1[N+](=O)[O-]. The van der Waals surface area contributed by atoms with E-state index in [4.69, 9.17) is 0 Å². The molecule has 2 amide bonds. The van der Waals surface area contributed by atoms with Gasteiger partial charge in [0, 0.05) is 31.1 Å². The minimum atomic E-state index is -0.857. The molecular weight excluding hydrogens is 449 g/mol. The minimum absolute atomic E-state index is 0.0524. The van der Waals surface area contributed by atoms with Gasteiger partial charge in [0.2, 0.25) is 11.8 Å². The molecule has 0 aliphatic carbocycles. The highest BCUT2D eigenvalue weighted by Crippen LogP contribution is 2.21. The van der Waals surface area contributed by atoms with Gasteiger partial charge < -0.3 is 10.2 Å². The van der Waals surface area contributed by atoms with Crippen LogP contribution in [0.5, 0.6) is 0 Å². The van der Waals surface area contributed by atoms with Crippen molar-refractivity contribution in [2.24, 2.45) is 0 Å². The molecule has 0 bridgehead atoms. The number of nitro benzene ring substituents is 1. The number of rotatable bonds is 11. The van der Waals surface area contributed by atoms with Gasteiger partial charge in [0.15, 0.2) is 0 Å². The molecule has 7 nitrogen and oxygen atoms in total. The van der Waals surface area contributed by atoms with E-state index in [1.54, 1.807) is 24.3 Å². The molecule has 35 heavy (non-hydrogen) atoms. The molecular formula is C27H28FN3O4. The summed E-state index contributed by atoms with van der Waals surface area (Å²) in [6.07, 6.45) is 0.747. The summed E-state index contributed by atoms with van der Waals surface area (Å²) in [5, 5.41) is 14.4. The number of benzene rings is 3. The lowest BCUT2D eigenvalue weighted by atomic mass is 10.0.